The highest BCUT2D eigenvalue weighted by molar-refractivity contribution is 6.89. The summed E-state index contributed by atoms with van der Waals surface area (Å²) >= 11 is 0. The van der Waals surface area contributed by atoms with Gasteiger partial charge in [0, 0.05) is 45.5 Å². The molecular weight excluding hydrogens is 586 g/mol. The molecule has 1 atom stereocenters. The molecule has 38 heavy (non-hydrogen) atoms. The van der Waals surface area contributed by atoms with E-state index in [1.165, 1.54) is 0 Å². The summed E-state index contributed by atoms with van der Waals surface area (Å²) in [4.78, 5) is 0. The van der Waals surface area contributed by atoms with Gasteiger partial charge in [-0.25, -0.2) is 0 Å². The summed E-state index contributed by atoms with van der Waals surface area (Å²) < 4.78 is 83.4. The van der Waals surface area contributed by atoms with E-state index in [4.69, 9.17) is 30.4 Å². The molecule has 0 aliphatic rings. The van der Waals surface area contributed by atoms with Gasteiger partial charge in [0.25, 0.3) is 0 Å². The molecule has 7 nitrogen and oxygen atoms in total. The fourth-order valence-electron chi connectivity index (χ4n) is 4.54. The van der Waals surface area contributed by atoms with E-state index >= 15 is 0 Å². The van der Waals surface area contributed by atoms with Crippen LogP contribution in [0.25, 0.3) is 0 Å². The molecule has 1 unspecified atom stereocenters. The summed E-state index contributed by atoms with van der Waals surface area (Å²) in [6.45, 7) is 24.3. The molecule has 0 N–H and O–H groups in total. The molecule has 0 rings (SSSR count). The quantitative estimate of drug-likeness (QED) is 0.113. The lowest BCUT2D eigenvalue weighted by atomic mass is 10.5. The highest BCUT2D eigenvalue weighted by atomic mass is 28.5. The van der Waals surface area contributed by atoms with Gasteiger partial charge in [0.1, 0.15) is 0 Å². The maximum absolute atomic E-state index is 13.3. The topological polar surface area (TPSA) is 64.6 Å². The van der Waals surface area contributed by atoms with Gasteiger partial charge < -0.3 is 30.4 Å². The Labute approximate surface area is 235 Å². The first-order chi connectivity index (χ1) is 17.3. The average Bonchev–Trinajstić information content (AvgIpc) is 2.75. The van der Waals surface area contributed by atoms with E-state index in [-0.39, 0.29) is 6.04 Å². The molecular formula is C23H55F3O7Si5. The molecule has 0 heterocycles. The molecule has 0 saturated heterocycles. The SMILES string of the molecule is CCO[Si](C)(CC[Si](C)(C)O[Si](C)(CCC(F)(F)F)O[Si](C)(C)CC[Si](OCC)(OCC)OCC)OCC. The fourth-order valence-corrected chi connectivity index (χ4v) is 28.3. The van der Waals surface area contributed by atoms with Crippen molar-refractivity contribution >= 4 is 42.6 Å². The number of alkyl halides is 3. The lowest BCUT2D eigenvalue weighted by Gasteiger charge is -2.42. The van der Waals surface area contributed by atoms with Crippen LogP contribution in [-0.4, -0.2) is 81.8 Å². The van der Waals surface area contributed by atoms with Crippen LogP contribution in [-0.2, 0) is 30.4 Å². The van der Waals surface area contributed by atoms with Crippen LogP contribution in [0.2, 0.25) is 69.5 Å². The standard InChI is InChI=1S/C23H55F3O7Si5/c1-12-27-36(10,28-13-2)21-19-34(6,7)32-37(11,18-17-23(24,25)26)33-35(8,9)20-22-38(29-14-3,30-15-4)31-16-5/h12-22H2,1-11H3. The minimum Gasteiger partial charge on any atom is -0.436 e. The van der Waals surface area contributed by atoms with Crippen LogP contribution in [0.3, 0.4) is 0 Å². The van der Waals surface area contributed by atoms with Crippen molar-refractivity contribution in [1.29, 1.82) is 0 Å². The first kappa shape index (κ1) is 38.6. The van der Waals surface area contributed by atoms with E-state index in [1.54, 1.807) is 0 Å². The Morgan fingerprint density at radius 2 is 0.842 bits per heavy atom. The lowest BCUT2D eigenvalue weighted by Crippen LogP contribution is -2.56. The van der Waals surface area contributed by atoms with E-state index in [9.17, 15) is 13.2 Å². The molecule has 0 bridgehead atoms. The van der Waals surface area contributed by atoms with Crippen LogP contribution in [0, 0.1) is 0 Å². The van der Waals surface area contributed by atoms with Crippen molar-refractivity contribution in [3.05, 3.63) is 0 Å². The smallest absolute Gasteiger partial charge is 0.436 e. The van der Waals surface area contributed by atoms with Gasteiger partial charge in [-0.2, -0.15) is 13.2 Å². The minimum atomic E-state index is -4.27. The van der Waals surface area contributed by atoms with Crippen molar-refractivity contribution < 1.29 is 43.5 Å². The van der Waals surface area contributed by atoms with Crippen LogP contribution in [0.1, 0.15) is 41.0 Å². The van der Waals surface area contributed by atoms with Crippen LogP contribution >= 0.6 is 0 Å². The minimum absolute atomic E-state index is 0.125. The zero-order valence-corrected chi connectivity index (χ0v) is 30.8. The number of hydrogen-bond acceptors (Lipinski definition) is 7. The number of hydrogen-bond donors (Lipinski definition) is 0. The van der Waals surface area contributed by atoms with Crippen LogP contribution in [0.5, 0.6) is 0 Å². The second-order valence-corrected chi connectivity index (χ2v) is 29.5. The Balaban J connectivity index is 5.76. The number of halogens is 3. The molecule has 0 aliphatic carbocycles. The van der Waals surface area contributed by atoms with Gasteiger partial charge in [0.15, 0.2) is 16.6 Å². The first-order valence-corrected chi connectivity index (χ1v) is 27.2. The van der Waals surface area contributed by atoms with Gasteiger partial charge in [-0.05, 0) is 98.1 Å². The molecule has 0 saturated carbocycles. The van der Waals surface area contributed by atoms with Crippen molar-refractivity contribution in [2.24, 2.45) is 0 Å². The van der Waals surface area contributed by atoms with Crippen LogP contribution < -0.4 is 0 Å². The lowest BCUT2D eigenvalue weighted by molar-refractivity contribution is -0.131. The number of rotatable bonds is 22. The first-order valence-electron chi connectivity index (χ1n) is 14.0. The highest BCUT2D eigenvalue weighted by Crippen LogP contribution is 2.35. The average molecular weight is 641 g/mol. The fraction of sp³-hybridized carbons (Fsp3) is 1.00. The summed E-state index contributed by atoms with van der Waals surface area (Å²) in [6, 6.07) is 2.58. The molecule has 0 aliphatic heterocycles. The van der Waals surface area contributed by atoms with Gasteiger partial charge in [-0.15, -0.1) is 0 Å². The zero-order valence-electron chi connectivity index (χ0n) is 25.8. The van der Waals surface area contributed by atoms with Gasteiger partial charge in [-0.3, -0.25) is 0 Å². The largest absolute Gasteiger partial charge is 0.500 e. The van der Waals surface area contributed by atoms with Gasteiger partial charge in [0.2, 0.25) is 0 Å². The van der Waals surface area contributed by atoms with Crippen molar-refractivity contribution in [2.75, 3.05) is 33.0 Å². The maximum Gasteiger partial charge on any atom is 0.500 e. The third-order valence-corrected chi connectivity index (χ3v) is 25.0. The molecule has 0 aromatic heterocycles. The van der Waals surface area contributed by atoms with Gasteiger partial charge in [-0.1, -0.05) is 0 Å². The molecule has 0 radical (unpaired) electrons. The summed E-state index contributed by atoms with van der Waals surface area (Å²) in [5.41, 5.74) is 0. The van der Waals surface area contributed by atoms with Crippen molar-refractivity contribution in [1.82, 2.24) is 0 Å². The maximum atomic E-state index is 13.3. The summed E-state index contributed by atoms with van der Waals surface area (Å²) in [5, 5.41) is 0. The molecule has 0 aromatic rings. The van der Waals surface area contributed by atoms with E-state index in [0.717, 1.165) is 12.1 Å². The van der Waals surface area contributed by atoms with Crippen molar-refractivity contribution in [3.8, 4) is 0 Å². The molecule has 0 amide bonds. The molecule has 0 spiro atoms. The Morgan fingerprint density at radius 1 is 0.474 bits per heavy atom. The van der Waals surface area contributed by atoms with Crippen LogP contribution in [0.15, 0.2) is 0 Å². The summed E-state index contributed by atoms with van der Waals surface area (Å²) in [6.07, 6.45) is -5.18. The monoisotopic (exact) mass is 640 g/mol. The molecule has 0 fully saturated rings. The van der Waals surface area contributed by atoms with Gasteiger partial charge >= 0.3 is 32.1 Å². The zero-order chi connectivity index (χ0) is 29.7. The summed E-state index contributed by atoms with van der Waals surface area (Å²) in [7, 11) is -13.3. The second kappa shape index (κ2) is 16.9. The predicted molar refractivity (Wildman–Crippen MR) is 159 cm³/mol. The predicted octanol–water partition coefficient (Wildman–Crippen LogP) is 7.65. The normalized spacial score (nSPS) is 15.6. The third kappa shape index (κ3) is 16.1. The van der Waals surface area contributed by atoms with Crippen molar-refractivity contribution in [3.63, 3.8) is 0 Å². The van der Waals surface area contributed by atoms with E-state index in [1.807, 2.05) is 60.8 Å². The Morgan fingerprint density at radius 3 is 1.18 bits per heavy atom. The molecule has 230 valence electrons. The second-order valence-electron chi connectivity index (χ2n) is 11.0. The highest BCUT2D eigenvalue weighted by Gasteiger charge is 2.48. The van der Waals surface area contributed by atoms with E-state index < -0.39 is 55.2 Å². The Hall–Kier alpha value is 0.594. The molecule has 0 aromatic carbocycles. The van der Waals surface area contributed by atoms with Crippen molar-refractivity contribution in [2.45, 2.75) is 117 Å². The Bertz CT molecular complexity index is 636. The van der Waals surface area contributed by atoms with Crippen LogP contribution in [0.4, 0.5) is 13.2 Å². The van der Waals surface area contributed by atoms with E-state index in [0.29, 0.717) is 45.1 Å². The summed E-state index contributed by atoms with van der Waals surface area (Å²) in [5.74, 6) is 0. The molecule has 15 heteroatoms. The third-order valence-electron chi connectivity index (χ3n) is 6.05. The van der Waals surface area contributed by atoms with Gasteiger partial charge in [0.05, 0.1) is 0 Å². The van der Waals surface area contributed by atoms with E-state index in [2.05, 4.69) is 13.1 Å². The Kier molecular flexibility index (Phi) is 17.2.